The van der Waals surface area contributed by atoms with Gasteiger partial charge in [-0.25, -0.2) is 0 Å². The Hall–Kier alpha value is -1.04. The van der Waals surface area contributed by atoms with Crippen LogP contribution >= 0.6 is 0 Å². The van der Waals surface area contributed by atoms with Crippen LogP contribution in [0.2, 0.25) is 0 Å². The van der Waals surface area contributed by atoms with Gasteiger partial charge in [-0.15, -0.1) is 0 Å². The molecule has 0 unspecified atom stereocenters. The summed E-state index contributed by atoms with van der Waals surface area (Å²) in [5, 5.41) is 7.32. The number of rotatable bonds is 1. The molecule has 0 aliphatic heterocycles. The lowest BCUT2D eigenvalue weighted by Crippen LogP contribution is -1.95. The molecule has 0 radical (unpaired) electrons. The van der Waals surface area contributed by atoms with E-state index in [9.17, 15) is 4.79 Å². The normalized spacial score (nSPS) is 6.00. The maximum atomic E-state index is 9.82. The third kappa shape index (κ3) is 44.6. The van der Waals surface area contributed by atoms with Gasteiger partial charge in [-0.3, -0.25) is 4.79 Å². The Balaban J connectivity index is 0. The van der Waals surface area contributed by atoms with Crippen molar-refractivity contribution in [2.24, 2.45) is 0 Å². The molecule has 0 amide bonds. The number of hydrogen-bond donors (Lipinski definition) is 0. The van der Waals surface area contributed by atoms with E-state index in [4.69, 9.17) is 5.26 Å². The van der Waals surface area contributed by atoms with Crippen LogP contribution in [0.4, 0.5) is 0 Å². The largest absolute Gasteiger partial charge is 0.466 e. The Labute approximate surface area is 55.2 Å². The van der Waals surface area contributed by atoms with Crippen molar-refractivity contribution in [1.82, 2.24) is 0 Å². The molecule has 3 nitrogen and oxygen atoms in total. The highest BCUT2D eigenvalue weighted by Gasteiger charge is 1.81. The van der Waals surface area contributed by atoms with E-state index >= 15 is 0 Å². The number of esters is 1. The molecule has 0 atom stereocenters. The van der Waals surface area contributed by atoms with E-state index in [1.54, 1.807) is 13.0 Å². The molecule has 0 aromatic rings. The third-order valence-corrected chi connectivity index (χ3v) is 0.348. The Kier molecular flexibility index (Phi) is 12.1. The minimum Gasteiger partial charge on any atom is -0.466 e. The van der Waals surface area contributed by atoms with Crippen LogP contribution in [0.25, 0.3) is 0 Å². The molecule has 0 rings (SSSR count). The Morgan fingerprint density at radius 1 is 1.78 bits per heavy atom. The zero-order valence-electron chi connectivity index (χ0n) is 5.97. The SMILES string of the molecule is CC#N.CCOC(C)=O. The van der Waals surface area contributed by atoms with Crippen LogP contribution < -0.4 is 0 Å². The van der Waals surface area contributed by atoms with Crippen molar-refractivity contribution in [3.63, 3.8) is 0 Å². The van der Waals surface area contributed by atoms with E-state index in [1.807, 2.05) is 0 Å². The number of nitrogens with zero attached hydrogens (tertiary/aromatic N) is 1. The van der Waals surface area contributed by atoms with Crippen molar-refractivity contribution in [3.8, 4) is 6.07 Å². The smallest absolute Gasteiger partial charge is 0.302 e. The van der Waals surface area contributed by atoms with Gasteiger partial charge in [0.1, 0.15) is 0 Å². The Morgan fingerprint density at radius 2 is 2.11 bits per heavy atom. The minimum atomic E-state index is -0.211. The molecule has 0 saturated carbocycles. The van der Waals surface area contributed by atoms with Gasteiger partial charge in [0.05, 0.1) is 12.7 Å². The van der Waals surface area contributed by atoms with Crippen LogP contribution in [0.15, 0.2) is 0 Å². The van der Waals surface area contributed by atoms with Crippen molar-refractivity contribution < 1.29 is 9.53 Å². The number of nitriles is 1. The fourth-order valence-electron chi connectivity index (χ4n) is 0.203. The zero-order valence-corrected chi connectivity index (χ0v) is 5.97. The summed E-state index contributed by atoms with van der Waals surface area (Å²) >= 11 is 0. The predicted octanol–water partition coefficient (Wildman–Crippen LogP) is 1.10. The highest BCUT2D eigenvalue weighted by molar-refractivity contribution is 5.65. The molecule has 0 saturated heterocycles. The molecule has 0 aromatic heterocycles. The minimum absolute atomic E-state index is 0.211. The van der Waals surface area contributed by atoms with E-state index in [-0.39, 0.29) is 5.97 Å². The van der Waals surface area contributed by atoms with Gasteiger partial charge < -0.3 is 4.74 Å². The highest BCUT2D eigenvalue weighted by Crippen LogP contribution is 1.69. The molecular formula is C6H11NO2. The Morgan fingerprint density at radius 3 is 2.11 bits per heavy atom. The molecule has 0 aliphatic rings. The number of hydrogen-bond acceptors (Lipinski definition) is 3. The monoisotopic (exact) mass is 129 g/mol. The van der Waals surface area contributed by atoms with Crippen molar-refractivity contribution >= 4 is 5.97 Å². The van der Waals surface area contributed by atoms with Crippen LogP contribution in [0.3, 0.4) is 0 Å². The van der Waals surface area contributed by atoms with Crippen molar-refractivity contribution in [3.05, 3.63) is 0 Å². The average Bonchev–Trinajstić information content (AvgIpc) is 1.67. The maximum Gasteiger partial charge on any atom is 0.302 e. The summed E-state index contributed by atoms with van der Waals surface area (Å²) in [5.41, 5.74) is 0. The molecular weight excluding hydrogens is 118 g/mol. The van der Waals surface area contributed by atoms with Gasteiger partial charge in [0.2, 0.25) is 0 Å². The molecule has 0 fully saturated rings. The van der Waals surface area contributed by atoms with Gasteiger partial charge in [-0.05, 0) is 6.92 Å². The lowest BCUT2D eigenvalue weighted by molar-refractivity contribution is -0.140. The van der Waals surface area contributed by atoms with E-state index in [1.165, 1.54) is 13.8 Å². The fourth-order valence-corrected chi connectivity index (χ4v) is 0.203. The first-order valence-electron chi connectivity index (χ1n) is 2.63. The zero-order chi connectivity index (χ0) is 7.70. The van der Waals surface area contributed by atoms with Gasteiger partial charge in [-0.2, -0.15) is 5.26 Å². The van der Waals surface area contributed by atoms with E-state index < -0.39 is 0 Å². The number of carbonyl (C=O) groups is 1. The summed E-state index contributed by atoms with van der Waals surface area (Å²) < 4.78 is 4.40. The highest BCUT2D eigenvalue weighted by atomic mass is 16.5. The number of carbonyl (C=O) groups excluding carboxylic acids is 1. The summed E-state index contributed by atoms with van der Waals surface area (Å²) in [6.45, 7) is 5.08. The van der Waals surface area contributed by atoms with Crippen LogP contribution in [-0.4, -0.2) is 12.6 Å². The van der Waals surface area contributed by atoms with Crippen LogP contribution in [-0.2, 0) is 9.53 Å². The number of ether oxygens (including phenoxy) is 1. The fraction of sp³-hybridized carbons (Fsp3) is 0.667. The van der Waals surface area contributed by atoms with Gasteiger partial charge in [0, 0.05) is 13.8 Å². The van der Waals surface area contributed by atoms with Crippen LogP contribution in [0.5, 0.6) is 0 Å². The molecule has 9 heavy (non-hydrogen) atoms. The molecule has 0 N–H and O–H groups in total. The average molecular weight is 129 g/mol. The summed E-state index contributed by atoms with van der Waals surface area (Å²) in [6, 6.07) is 1.75. The first kappa shape index (κ1) is 10.9. The van der Waals surface area contributed by atoms with Gasteiger partial charge in [-0.1, -0.05) is 0 Å². The molecule has 52 valence electrons. The molecule has 0 bridgehead atoms. The third-order valence-electron chi connectivity index (χ3n) is 0.348. The second kappa shape index (κ2) is 10.0. The van der Waals surface area contributed by atoms with Gasteiger partial charge >= 0.3 is 5.97 Å². The first-order valence-corrected chi connectivity index (χ1v) is 2.63. The second-order valence-corrected chi connectivity index (χ2v) is 1.15. The maximum absolute atomic E-state index is 9.82. The van der Waals surface area contributed by atoms with Crippen molar-refractivity contribution in [1.29, 1.82) is 5.26 Å². The van der Waals surface area contributed by atoms with Crippen LogP contribution in [0, 0.1) is 11.3 Å². The van der Waals surface area contributed by atoms with Gasteiger partial charge in [0.15, 0.2) is 0 Å². The summed E-state index contributed by atoms with van der Waals surface area (Å²) in [4.78, 5) is 9.82. The standard InChI is InChI=1S/C4H8O2.C2H3N/c1-3-6-4(2)5;1-2-3/h3H2,1-2H3;1H3. The molecule has 0 spiro atoms. The van der Waals surface area contributed by atoms with Crippen molar-refractivity contribution in [2.75, 3.05) is 6.61 Å². The van der Waals surface area contributed by atoms with E-state index in [0.717, 1.165) is 0 Å². The topological polar surface area (TPSA) is 50.1 Å². The van der Waals surface area contributed by atoms with E-state index in [2.05, 4.69) is 4.74 Å². The summed E-state index contributed by atoms with van der Waals surface area (Å²) in [7, 11) is 0. The molecule has 3 heteroatoms. The summed E-state index contributed by atoms with van der Waals surface area (Å²) in [6.07, 6.45) is 0. The lowest BCUT2D eigenvalue weighted by atomic mass is 10.8. The second-order valence-electron chi connectivity index (χ2n) is 1.15. The van der Waals surface area contributed by atoms with Crippen LogP contribution in [0.1, 0.15) is 20.8 Å². The van der Waals surface area contributed by atoms with Crippen molar-refractivity contribution in [2.45, 2.75) is 20.8 Å². The predicted molar refractivity (Wildman–Crippen MR) is 33.6 cm³/mol. The lowest BCUT2D eigenvalue weighted by Gasteiger charge is -1.89. The summed E-state index contributed by atoms with van der Waals surface area (Å²) in [5.74, 6) is -0.211. The first-order chi connectivity index (χ1) is 4.18. The molecule has 0 aromatic carbocycles. The Bertz CT molecular complexity index is 104. The van der Waals surface area contributed by atoms with Gasteiger partial charge in [0.25, 0.3) is 0 Å². The molecule has 0 heterocycles. The van der Waals surface area contributed by atoms with E-state index in [0.29, 0.717) is 6.61 Å². The quantitative estimate of drug-likeness (QED) is 0.498. The molecule has 0 aliphatic carbocycles.